The fourth-order valence-corrected chi connectivity index (χ4v) is 5.86. The monoisotopic (exact) mass is 408 g/mol. The van der Waals surface area contributed by atoms with Crippen molar-refractivity contribution in [1.82, 2.24) is 0 Å². The first-order chi connectivity index (χ1) is 8.95. The molecular formula is C16H33O2PSn+4. The van der Waals surface area contributed by atoms with Crippen molar-refractivity contribution in [3.8, 4) is 0 Å². The van der Waals surface area contributed by atoms with Gasteiger partial charge in [-0.3, -0.25) is 0 Å². The molecular weight excluding hydrogens is 374 g/mol. The average molecular weight is 407 g/mol. The van der Waals surface area contributed by atoms with Crippen LogP contribution in [0.3, 0.4) is 0 Å². The molecule has 0 fully saturated rings. The van der Waals surface area contributed by atoms with E-state index in [0.717, 1.165) is 6.08 Å². The molecule has 0 radical (unpaired) electrons. The van der Waals surface area contributed by atoms with E-state index in [1.807, 2.05) is 0 Å². The van der Waals surface area contributed by atoms with Crippen LogP contribution in [0.5, 0.6) is 0 Å². The summed E-state index contributed by atoms with van der Waals surface area (Å²) in [5, 5.41) is 9.14. The molecule has 0 amide bonds. The predicted molar refractivity (Wildman–Crippen MR) is 93.1 cm³/mol. The molecule has 0 rings (SSSR count). The number of hydrogen-bond donors (Lipinski definition) is 0. The molecule has 0 heterocycles. The van der Waals surface area contributed by atoms with Crippen molar-refractivity contribution in [2.45, 2.75) is 59.3 Å². The smallest absolute Gasteiger partial charge is 0.545 e. The zero-order valence-corrected chi connectivity index (χ0v) is 17.7. The molecule has 0 aromatic heterocycles. The second kappa shape index (κ2) is 17.5. The van der Waals surface area contributed by atoms with Gasteiger partial charge in [0, 0.05) is 13.9 Å². The van der Waals surface area contributed by atoms with E-state index in [1.54, 1.807) is 18.5 Å². The van der Waals surface area contributed by atoms with Crippen molar-refractivity contribution in [3.63, 3.8) is 0 Å². The molecule has 0 unspecified atom stereocenters. The molecule has 0 saturated carbocycles. The van der Waals surface area contributed by atoms with Gasteiger partial charge in [-0.15, -0.1) is 0 Å². The van der Waals surface area contributed by atoms with Crippen molar-refractivity contribution >= 4 is 37.1 Å². The molecule has 0 aliphatic carbocycles. The van der Waals surface area contributed by atoms with Crippen LogP contribution in [0.25, 0.3) is 0 Å². The van der Waals surface area contributed by atoms with Gasteiger partial charge in [0.2, 0.25) is 0 Å². The van der Waals surface area contributed by atoms with E-state index in [-0.39, 0.29) is 23.9 Å². The summed E-state index contributed by atoms with van der Waals surface area (Å²) in [5.41, 5.74) is 0. The minimum Gasteiger partial charge on any atom is -0.545 e. The summed E-state index contributed by atoms with van der Waals surface area (Å²) in [5.74, 6) is -1.23. The van der Waals surface area contributed by atoms with Crippen molar-refractivity contribution in [3.05, 3.63) is 12.7 Å². The third-order valence-electron chi connectivity index (χ3n) is 3.32. The van der Waals surface area contributed by atoms with Crippen molar-refractivity contribution in [1.29, 1.82) is 0 Å². The van der Waals surface area contributed by atoms with Gasteiger partial charge in [0.25, 0.3) is 0 Å². The van der Waals surface area contributed by atoms with E-state index in [0.29, 0.717) is 0 Å². The van der Waals surface area contributed by atoms with E-state index >= 15 is 0 Å². The molecule has 0 aromatic carbocycles. The summed E-state index contributed by atoms with van der Waals surface area (Å²) >= 11 is 0. The normalized spacial score (nSPS) is 10.0. The summed E-state index contributed by atoms with van der Waals surface area (Å²) in [6.07, 6.45) is 14.0. The minimum absolute atomic E-state index is 0. The Morgan fingerprint density at radius 1 is 1.00 bits per heavy atom. The van der Waals surface area contributed by atoms with Crippen LogP contribution in [-0.2, 0) is 4.79 Å². The Bertz CT molecular complexity index is 211. The first kappa shape index (κ1) is 25.4. The molecule has 0 spiro atoms. The predicted octanol–water partition coefficient (Wildman–Crippen LogP) is 3.58. The minimum atomic E-state index is -1.23. The summed E-state index contributed by atoms with van der Waals surface area (Å²) in [4.78, 5) is 9.14. The number of carboxylic acids is 1. The average Bonchev–Trinajstić information content (AvgIpc) is 2.41. The standard InChI is InChI=1S/C13H30P.C3H4O2.Sn/c1-5-8-11-14(4,12-9-6-2)13-10-7-3;1-2-3(4)5;/h5-13H2,1-4H3;2H,1H2,(H,4,5);/q+1;;+4/p-1. The molecule has 0 bridgehead atoms. The largest absolute Gasteiger partial charge is 4.00 e. The van der Waals surface area contributed by atoms with E-state index in [4.69, 9.17) is 9.90 Å². The molecule has 20 heavy (non-hydrogen) atoms. The zero-order chi connectivity index (χ0) is 15.1. The second-order valence-corrected chi connectivity index (χ2v) is 9.95. The number of rotatable bonds is 10. The Kier molecular flexibility index (Phi) is 22.2. The summed E-state index contributed by atoms with van der Waals surface area (Å²) < 4.78 is 0. The Hall–Kier alpha value is 0.439. The number of aliphatic carboxylic acids is 1. The van der Waals surface area contributed by atoms with Gasteiger partial charge in [0.05, 0.1) is 24.5 Å². The van der Waals surface area contributed by atoms with E-state index in [9.17, 15) is 0 Å². The quantitative estimate of drug-likeness (QED) is 0.316. The van der Waals surface area contributed by atoms with Crippen LogP contribution in [0.2, 0.25) is 0 Å². The fraction of sp³-hybridized carbons (Fsp3) is 0.812. The molecule has 0 saturated heterocycles. The van der Waals surface area contributed by atoms with Gasteiger partial charge >= 0.3 is 23.9 Å². The Labute approximate surface area is 144 Å². The van der Waals surface area contributed by atoms with Gasteiger partial charge in [-0.25, -0.2) is 0 Å². The maximum Gasteiger partial charge on any atom is 4.00 e. The van der Waals surface area contributed by atoms with Crippen molar-refractivity contribution < 1.29 is 9.90 Å². The first-order valence-corrected chi connectivity index (χ1v) is 10.4. The van der Waals surface area contributed by atoms with Gasteiger partial charge < -0.3 is 9.90 Å². The zero-order valence-electron chi connectivity index (χ0n) is 13.9. The van der Waals surface area contributed by atoms with Gasteiger partial charge in [-0.1, -0.05) is 46.6 Å². The van der Waals surface area contributed by atoms with Crippen LogP contribution >= 0.6 is 7.26 Å². The van der Waals surface area contributed by atoms with Crippen LogP contribution in [0.15, 0.2) is 12.7 Å². The topological polar surface area (TPSA) is 40.1 Å². The maximum atomic E-state index is 9.14. The summed E-state index contributed by atoms with van der Waals surface area (Å²) in [6, 6.07) is 0. The van der Waals surface area contributed by atoms with E-state index in [2.05, 4.69) is 34.0 Å². The Balaban J connectivity index is -0.000000414. The van der Waals surface area contributed by atoms with E-state index in [1.165, 1.54) is 38.5 Å². The Morgan fingerprint density at radius 2 is 1.25 bits per heavy atom. The summed E-state index contributed by atoms with van der Waals surface area (Å²) in [7, 11) is -0.519. The Morgan fingerprint density at radius 3 is 1.40 bits per heavy atom. The van der Waals surface area contributed by atoms with Gasteiger partial charge in [-0.05, 0) is 25.3 Å². The SMILES string of the molecule is C=CC(=O)[O-].CCCC[P+](C)(CCCC)CCCC.[Sn+4]. The number of unbranched alkanes of at least 4 members (excludes halogenated alkanes) is 3. The molecule has 0 N–H and O–H groups in total. The van der Waals surface area contributed by atoms with Crippen molar-refractivity contribution in [2.24, 2.45) is 0 Å². The van der Waals surface area contributed by atoms with Gasteiger partial charge in [0.15, 0.2) is 0 Å². The van der Waals surface area contributed by atoms with Gasteiger partial charge in [0.1, 0.15) is 0 Å². The third kappa shape index (κ3) is 18.4. The number of carbonyl (C=O) groups is 1. The number of carboxylic acid groups (broad SMARTS) is 1. The molecule has 114 valence electrons. The van der Waals surface area contributed by atoms with Crippen LogP contribution in [0.4, 0.5) is 0 Å². The van der Waals surface area contributed by atoms with Crippen LogP contribution in [0, 0.1) is 0 Å². The molecule has 0 aliphatic rings. The first-order valence-electron chi connectivity index (χ1n) is 7.62. The molecule has 2 nitrogen and oxygen atoms in total. The molecule has 4 heteroatoms. The van der Waals surface area contributed by atoms with Crippen LogP contribution < -0.4 is 5.11 Å². The molecule has 0 atom stereocenters. The number of hydrogen-bond acceptors (Lipinski definition) is 2. The number of carbonyl (C=O) groups excluding carboxylic acids is 1. The molecule has 0 aliphatic heterocycles. The fourth-order valence-electron chi connectivity index (χ4n) is 1.95. The maximum absolute atomic E-state index is 9.14. The van der Waals surface area contributed by atoms with Crippen LogP contribution in [-0.4, -0.2) is 55.0 Å². The second-order valence-electron chi connectivity index (χ2n) is 5.37. The third-order valence-corrected chi connectivity index (χ3v) is 7.51. The van der Waals surface area contributed by atoms with Crippen LogP contribution in [0.1, 0.15) is 59.3 Å². The van der Waals surface area contributed by atoms with Crippen molar-refractivity contribution in [2.75, 3.05) is 25.2 Å². The summed E-state index contributed by atoms with van der Waals surface area (Å²) in [6.45, 7) is 12.5. The molecule has 0 aromatic rings. The van der Waals surface area contributed by atoms with Gasteiger partial charge in [-0.2, -0.15) is 0 Å². The van der Waals surface area contributed by atoms with E-state index < -0.39 is 13.2 Å².